The van der Waals surface area contributed by atoms with Crippen molar-refractivity contribution >= 4 is 46.6 Å². The van der Waals surface area contributed by atoms with Gasteiger partial charge in [0.15, 0.2) is 6.10 Å². The summed E-state index contributed by atoms with van der Waals surface area (Å²) < 4.78 is 16.9. The van der Waals surface area contributed by atoms with E-state index in [0.717, 1.165) is 31.2 Å². The van der Waals surface area contributed by atoms with E-state index in [1.54, 1.807) is 50.5 Å². The first kappa shape index (κ1) is 41.2. The summed E-state index contributed by atoms with van der Waals surface area (Å²) in [6.07, 6.45) is 2.74. The molecule has 3 aliphatic heterocycles. The Morgan fingerprint density at radius 3 is 2.24 bits per heavy atom. The van der Waals surface area contributed by atoms with Crippen LogP contribution in [0.3, 0.4) is 0 Å². The lowest BCUT2D eigenvalue weighted by atomic mass is 10.1. The van der Waals surface area contributed by atoms with Gasteiger partial charge in [-0.3, -0.25) is 24.0 Å². The van der Waals surface area contributed by atoms with Crippen LogP contribution in [0.15, 0.2) is 24.3 Å². The molecule has 1 aromatic carbocycles. The first-order chi connectivity index (χ1) is 26.1. The Morgan fingerprint density at radius 1 is 0.873 bits per heavy atom. The van der Waals surface area contributed by atoms with E-state index < -0.39 is 47.7 Å². The molecular weight excluding hydrogens is 708 g/mol. The summed E-state index contributed by atoms with van der Waals surface area (Å²) >= 11 is 0. The second-order valence-corrected chi connectivity index (χ2v) is 15.5. The van der Waals surface area contributed by atoms with E-state index in [1.165, 1.54) is 11.0 Å². The molecule has 0 spiro atoms. The van der Waals surface area contributed by atoms with Gasteiger partial charge >= 0.3 is 12.1 Å². The van der Waals surface area contributed by atoms with Gasteiger partial charge in [-0.25, -0.2) is 9.78 Å². The van der Waals surface area contributed by atoms with Crippen molar-refractivity contribution in [2.24, 2.45) is 0 Å². The van der Waals surface area contributed by atoms with Crippen LogP contribution in [0.2, 0.25) is 0 Å². The maximum atomic E-state index is 14.0. The van der Waals surface area contributed by atoms with Crippen LogP contribution in [-0.4, -0.2) is 136 Å². The minimum Gasteiger partial charge on any atom is -0.480 e. The van der Waals surface area contributed by atoms with Gasteiger partial charge in [0.05, 0.1) is 12.1 Å². The number of aryl methyl sites for hydroxylation is 1. The average molecular weight is 765 g/mol. The molecule has 0 saturated carbocycles. The van der Waals surface area contributed by atoms with E-state index in [9.17, 15) is 28.8 Å². The fourth-order valence-electron chi connectivity index (χ4n) is 7.30. The van der Waals surface area contributed by atoms with Crippen molar-refractivity contribution < 1.29 is 43.0 Å². The highest BCUT2D eigenvalue weighted by Gasteiger charge is 2.39. The lowest BCUT2D eigenvalue weighted by Crippen LogP contribution is -2.56. The molecule has 15 heteroatoms. The maximum Gasteiger partial charge on any atom is 0.409 e. The number of piperazine rings is 1. The molecule has 3 saturated heterocycles. The van der Waals surface area contributed by atoms with Crippen LogP contribution in [0.4, 0.5) is 4.79 Å². The monoisotopic (exact) mass is 764 g/mol. The van der Waals surface area contributed by atoms with Crippen LogP contribution in [0.5, 0.6) is 5.75 Å². The first-order valence-corrected chi connectivity index (χ1v) is 19.6. The topological polar surface area (TPSA) is 168 Å². The minimum absolute atomic E-state index is 0.0156. The Labute approximate surface area is 323 Å². The van der Waals surface area contributed by atoms with E-state index in [0.29, 0.717) is 37.0 Å². The molecule has 2 aromatic rings. The number of esters is 1. The Morgan fingerprint density at radius 2 is 1.56 bits per heavy atom. The number of rotatable bonds is 11. The van der Waals surface area contributed by atoms with Crippen molar-refractivity contribution in [2.45, 2.75) is 110 Å². The van der Waals surface area contributed by atoms with Gasteiger partial charge in [0, 0.05) is 63.7 Å². The van der Waals surface area contributed by atoms with Crippen molar-refractivity contribution in [2.75, 3.05) is 52.4 Å². The molecule has 1 aromatic heterocycles. The standard InChI is InChI=1S/C40H56N6O9/c1-7-53-39(52)45-22-20-44(21-23-45)37(50)29(15-16-34(47)55-40(4,5)6)42-35(48)31-25-33(28-14-13-26(2)24-30(28)41-31)54-27(3)36(49)46-19-11-12-32(46)38(51)43-17-9-8-10-18-43/h13-14,24-25,27,29,32H,7-12,15-23H2,1-6H3,(H,42,48)/t27-,29?,32?/m1/s1. The summed E-state index contributed by atoms with van der Waals surface area (Å²) in [6, 6.07) is 5.30. The summed E-state index contributed by atoms with van der Waals surface area (Å²) in [5.74, 6) is -1.68. The van der Waals surface area contributed by atoms with Crippen LogP contribution in [-0.2, 0) is 28.7 Å². The summed E-state index contributed by atoms with van der Waals surface area (Å²) in [5, 5.41) is 3.39. The lowest BCUT2D eigenvalue weighted by molar-refractivity contribution is -0.155. The number of hydrogen-bond donors (Lipinski definition) is 1. The molecule has 15 nitrogen and oxygen atoms in total. The Hall–Kier alpha value is -4.95. The van der Waals surface area contributed by atoms with Gasteiger partial charge < -0.3 is 39.1 Å². The molecule has 0 aliphatic carbocycles. The number of benzene rings is 1. The number of nitrogens with zero attached hydrogens (tertiary/aromatic N) is 5. The molecule has 3 atom stereocenters. The second kappa shape index (κ2) is 18.1. The predicted molar refractivity (Wildman–Crippen MR) is 203 cm³/mol. The van der Waals surface area contributed by atoms with Gasteiger partial charge in [-0.15, -0.1) is 0 Å². The molecule has 5 amide bonds. The van der Waals surface area contributed by atoms with Crippen LogP contribution < -0.4 is 10.1 Å². The number of pyridine rings is 1. The molecule has 4 heterocycles. The number of piperidine rings is 1. The van der Waals surface area contributed by atoms with E-state index in [2.05, 4.69) is 10.3 Å². The third kappa shape index (κ3) is 10.6. The SMILES string of the molecule is CCOC(=O)N1CCN(C(=O)C(CCC(=O)OC(C)(C)C)NC(=O)c2cc(O[C@H](C)C(=O)N3CCCC3C(=O)N3CCCCC3)c3ccc(C)cc3n2)CC1. The summed E-state index contributed by atoms with van der Waals surface area (Å²) in [6.45, 7) is 13.5. The number of likely N-dealkylation sites (tertiary alicyclic amines) is 2. The molecule has 5 rings (SSSR count). The van der Waals surface area contributed by atoms with E-state index in [-0.39, 0.29) is 68.9 Å². The molecule has 1 N–H and O–H groups in total. The number of nitrogens with one attached hydrogen (secondary N) is 1. The number of hydrogen-bond acceptors (Lipinski definition) is 10. The minimum atomic E-state index is -1.11. The summed E-state index contributed by atoms with van der Waals surface area (Å²) in [7, 11) is 0. The third-order valence-electron chi connectivity index (χ3n) is 10.1. The molecule has 2 unspecified atom stereocenters. The van der Waals surface area contributed by atoms with E-state index in [4.69, 9.17) is 14.2 Å². The Balaban J connectivity index is 1.35. The molecule has 0 radical (unpaired) electrons. The van der Waals surface area contributed by atoms with Gasteiger partial charge in [0.2, 0.25) is 11.8 Å². The molecular formula is C40H56N6O9. The maximum absolute atomic E-state index is 14.0. The quantitative estimate of drug-likeness (QED) is 0.332. The van der Waals surface area contributed by atoms with Crippen molar-refractivity contribution in [3.8, 4) is 5.75 Å². The highest BCUT2D eigenvalue weighted by molar-refractivity contribution is 6.00. The zero-order valence-electron chi connectivity index (χ0n) is 33.1. The smallest absolute Gasteiger partial charge is 0.409 e. The Kier molecular flexibility index (Phi) is 13.6. The first-order valence-electron chi connectivity index (χ1n) is 19.6. The van der Waals surface area contributed by atoms with Crippen LogP contribution >= 0.6 is 0 Å². The number of fused-ring (bicyclic) bond motifs is 1. The van der Waals surface area contributed by atoms with Crippen molar-refractivity contribution in [3.05, 3.63) is 35.5 Å². The predicted octanol–water partition coefficient (Wildman–Crippen LogP) is 3.84. The van der Waals surface area contributed by atoms with E-state index >= 15 is 0 Å². The summed E-state index contributed by atoms with van der Waals surface area (Å²) in [5.41, 5.74) is 0.558. The van der Waals surface area contributed by atoms with Crippen LogP contribution in [0.1, 0.15) is 95.6 Å². The van der Waals surface area contributed by atoms with Gasteiger partial charge in [0.25, 0.3) is 11.8 Å². The van der Waals surface area contributed by atoms with Crippen molar-refractivity contribution in [1.29, 1.82) is 0 Å². The fraction of sp³-hybridized carbons (Fsp3) is 0.625. The number of amides is 5. The van der Waals surface area contributed by atoms with Crippen LogP contribution in [0.25, 0.3) is 10.9 Å². The number of carbonyl (C=O) groups excluding carboxylic acids is 6. The van der Waals surface area contributed by atoms with Gasteiger partial charge in [0.1, 0.15) is 29.1 Å². The highest BCUT2D eigenvalue weighted by Crippen LogP contribution is 2.29. The lowest BCUT2D eigenvalue weighted by Gasteiger charge is -2.36. The molecule has 300 valence electrons. The number of ether oxygens (including phenoxy) is 3. The third-order valence-corrected chi connectivity index (χ3v) is 10.1. The molecule has 0 bridgehead atoms. The van der Waals surface area contributed by atoms with Crippen molar-refractivity contribution in [1.82, 2.24) is 29.9 Å². The zero-order valence-corrected chi connectivity index (χ0v) is 33.1. The average Bonchev–Trinajstić information content (AvgIpc) is 3.65. The van der Waals surface area contributed by atoms with Gasteiger partial charge in [-0.1, -0.05) is 6.07 Å². The van der Waals surface area contributed by atoms with Crippen molar-refractivity contribution in [3.63, 3.8) is 0 Å². The highest BCUT2D eigenvalue weighted by atomic mass is 16.6. The van der Waals surface area contributed by atoms with Gasteiger partial charge in [-0.2, -0.15) is 0 Å². The zero-order chi connectivity index (χ0) is 39.9. The molecule has 55 heavy (non-hydrogen) atoms. The normalized spacial score (nSPS) is 18.8. The Bertz CT molecular complexity index is 1750. The molecule has 3 aliphatic rings. The number of aromatic nitrogens is 1. The van der Waals surface area contributed by atoms with Gasteiger partial charge in [-0.05, 0) is 97.8 Å². The van der Waals surface area contributed by atoms with E-state index in [1.807, 2.05) is 24.0 Å². The second-order valence-electron chi connectivity index (χ2n) is 15.5. The van der Waals surface area contributed by atoms with Crippen LogP contribution in [0, 0.1) is 6.92 Å². The fourth-order valence-corrected chi connectivity index (χ4v) is 7.30. The largest absolute Gasteiger partial charge is 0.480 e. The molecule has 3 fully saturated rings. The number of carbonyl (C=O) groups is 6. The summed E-state index contributed by atoms with van der Waals surface area (Å²) in [4.78, 5) is 91.4.